The molecule has 3 rings (SSSR count). The van der Waals surface area contributed by atoms with E-state index in [0.717, 1.165) is 17.4 Å². The number of hydrogen-bond donors (Lipinski definition) is 1. The lowest BCUT2D eigenvalue weighted by Gasteiger charge is -2.21. The van der Waals surface area contributed by atoms with E-state index in [9.17, 15) is 18.0 Å². The summed E-state index contributed by atoms with van der Waals surface area (Å²) in [6, 6.07) is 14.3. The Morgan fingerprint density at radius 2 is 1.97 bits per heavy atom. The standard InChI is InChI=1S/C20H19N3O5S/c1-29(26,27)17-7-5-14(6-8-17)11-22-19(24)18-13-28-20(25)23(18)12-16-4-2-3-15(9-16)10-21/h2-9,18H,11-13H2,1H3,(H,22,24)/t18-/m0/s1. The highest BCUT2D eigenvalue weighted by atomic mass is 32.2. The number of cyclic esters (lactones) is 1. The molecule has 1 heterocycles. The summed E-state index contributed by atoms with van der Waals surface area (Å²) in [6.07, 6.45) is 0.534. The second kappa shape index (κ2) is 8.32. The maximum absolute atomic E-state index is 12.6. The third kappa shape index (κ3) is 4.92. The maximum Gasteiger partial charge on any atom is 0.410 e. The third-order valence-electron chi connectivity index (χ3n) is 4.51. The number of nitrogens with one attached hydrogen (secondary N) is 1. The van der Waals surface area contributed by atoms with Crippen LogP contribution < -0.4 is 5.32 Å². The van der Waals surface area contributed by atoms with Crippen molar-refractivity contribution in [1.29, 1.82) is 5.26 Å². The zero-order chi connectivity index (χ0) is 21.0. The van der Waals surface area contributed by atoms with Crippen molar-refractivity contribution >= 4 is 21.8 Å². The Labute approximate surface area is 168 Å². The summed E-state index contributed by atoms with van der Waals surface area (Å²) in [7, 11) is -3.28. The summed E-state index contributed by atoms with van der Waals surface area (Å²) in [4.78, 5) is 26.2. The molecule has 1 fully saturated rings. The first-order valence-corrected chi connectivity index (χ1v) is 10.7. The quantitative estimate of drug-likeness (QED) is 0.769. The predicted molar refractivity (Wildman–Crippen MR) is 103 cm³/mol. The number of carbonyl (C=O) groups excluding carboxylic acids is 2. The molecular formula is C20H19N3O5S. The van der Waals surface area contributed by atoms with E-state index < -0.39 is 22.0 Å². The van der Waals surface area contributed by atoms with Gasteiger partial charge in [-0.25, -0.2) is 13.2 Å². The van der Waals surface area contributed by atoms with Crippen molar-refractivity contribution in [2.75, 3.05) is 12.9 Å². The van der Waals surface area contributed by atoms with Crippen LogP contribution in [0.3, 0.4) is 0 Å². The van der Waals surface area contributed by atoms with Crippen LogP contribution in [0.25, 0.3) is 0 Å². The van der Waals surface area contributed by atoms with Crippen LogP contribution >= 0.6 is 0 Å². The Hall–Kier alpha value is -3.38. The number of amides is 2. The highest BCUT2D eigenvalue weighted by Crippen LogP contribution is 2.18. The third-order valence-corrected chi connectivity index (χ3v) is 5.63. The molecule has 1 atom stereocenters. The first-order valence-electron chi connectivity index (χ1n) is 8.77. The van der Waals surface area contributed by atoms with E-state index >= 15 is 0 Å². The van der Waals surface area contributed by atoms with Gasteiger partial charge in [-0.2, -0.15) is 5.26 Å². The van der Waals surface area contributed by atoms with Gasteiger partial charge in [0, 0.05) is 12.8 Å². The highest BCUT2D eigenvalue weighted by Gasteiger charge is 2.37. The van der Waals surface area contributed by atoms with Gasteiger partial charge in [-0.15, -0.1) is 0 Å². The molecule has 2 aromatic carbocycles. The number of carbonyl (C=O) groups is 2. The lowest BCUT2D eigenvalue weighted by molar-refractivity contribution is -0.125. The Kier molecular flexibility index (Phi) is 5.84. The highest BCUT2D eigenvalue weighted by molar-refractivity contribution is 7.90. The van der Waals surface area contributed by atoms with E-state index in [1.807, 2.05) is 6.07 Å². The number of nitriles is 1. The summed E-state index contributed by atoms with van der Waals surface area (Å²) in [6.45, 7) is 0.274. The number of ether oxygens (including phenoxy) is 1. The number of benzene rings is 2. The van der Waals surface area contributed by atoms with Gasteiger partial charge in [-0.05, 0) is 35.4 Å². The van der Waals surface area contributed by atoms with E-state index in [2.05, 4.69) is 5.32 Å². The lowest BCUT2D eigenvalue weighted by Crippen LogP contribution is -2.45. The van der Waals surface area contributed by atoms with E-state index in [1.165, 1.54) is 17.0 Å². The first kappa shape index (κ1) is 20.4. The van der Waals surface area contributed by atoms with Gasteiger partial charge in [0.1, 0.15) is 12.6 Å². The van der Waals surface area contributed by atoms with Gasteiger partial charge in [0.2, 0.25) is 5.91 Å². The minimum Gasteiger partial charge on any atom is -0.447 e. The van der Waals surface area contributed by atoms with Crippen LogP contribution in [0.5, 0.6) is 0 Å². The van der Waals surface area contributed by atoms with Crippen LogP contribution in [0.4, 0.5) is 4.79 Å². The monoisotopic (exact) mass is 413 g/mol. The van der Waals surface area contributed by atoms with Crippen LogP contribution in [0.2, 0.25) is 0 Å². The van der Waals surface area contributed by atoms with Crippen LogP contribution in [-0.4, -0.2) is 44.2 Å². The molecule has 1 aliphatic heterocycles. The van der Waals surface area contributed by atoms with Crippen LogP contribution in [-0.2, 0) is 32.5 Å². The molecule has 1 N–H and O–H groups in total. The molecule has 0 spiro atoms. The van der Waals surface area contributed by atoms with Crippen LogP contribution in [0.1, 0.15) is 16.7 Å². The lowest BCUT2D eigenvalue weighted by atomic mass is 10.1. The molecule has 0 aromatic heterocycles. The van der Waals surface area contributed by atoms with Crippen molar-refractivity contribution in [3.63, 3.8) is 0 Å². The van der Waals surface area contributed by atoms with Gasteiger partial charge >= 0.3 is 6.09 Å². The smallest absolute Gasteiger partial charge is 0.410 e. The molecule has 2 aromatic rings. The van der Waals surface area contributed by atoms with Gasteiger partial charge in [-0.1, -0.05) is 24.3 Å². The molecule has 8 nitrogen and oxygen atoms in total. The molecule has 2 amide bonds. The number of rotatable bonds is 6. The topological polar surface area (TPSA) is 117 Å². The molecule has 9 heteroatoms. The van der Waals surface area contributed by atoms with Crippen molar-refractivity contribution in [2.45, 2.75) is 24.0 Å². The van der Waals surface area contributed by atoms with Crippen molar-refractivity contribution in [2.24, 2.45) is 0 Å². The molecule has 150 valence electrons. The van der Waals surface area contributed by atoms with Crippen molar-refractivity contribution < 1.29 is 22.7 Å². The van der Waals surface area contributed by atoms with Gasteiger partial charge in [-0.3, -0.25) is 9.69 Å². The second-order valence-electron chi connectivity index (χ2n) is 6.67. The molecule has 1 aliphatic rings. The van der Waals surface area contributed by atoms with Crippen molar-refractivity contribution in [1.82, 2.24) is 10.2 Å². The zero-order valence-corrected chi connectivity index (χ0v) is 16.5. The summed E-state index contributed by atoms with van der Waals surface area (Å²) >= 11 is 0. The number of hydrogen-bond acceptors (Lipinski definition) is 6. The predicted octanol–water partition coefficient (Wildman–Crippen LogP) is 1.60. The van der Waals surface area contributed by atoms with Gasteiger partial charge in [0.25, 0.3) is 0 Å². The number of nitrogens with zero attached hydrogens (tertiary/aromatic N) is 2. The van der Waals surface area contributed by atoms with E-state index in [1.54, 1.807) is 36.4 Å². The normalized spacial score (nSPS) is 16.2. The molecule has 0 aliphatic carbocycles. The van der Waals surface area contributed by atoms with Gasteiger partial charge in [0.05, 0.1) is 23.1 Å². The molecule has 0 unspecified atom stereocenters. The fraction of sp³-hybridized carbons (Fsp3) is 0.250. The molecule has 0 bridgehead atoms. The summed E-state index contributed by atoms with van der Waals surface area (Å²) in [5.74, 6) is -0.375. The fourth-order valence-corrected chi connectivity index (χ4v) is 3.57. The Morgan fingerprint density at radius 1 is 1.24 bits per heavy atom. The van der Waals surface area contributed by atoms with E-state index in [0.29, 0.717) is 5.56 Å². The molecule has 29 heavy (non-hydrogen) atoms. The van der Waals surface area contributed by atoms with Crippen molar-refractivity contribution in [3.05, 3.63) is 65.2 Å². The minimum atomic E-state index is -3.28. The number of sulfone groups is 1. The second-order valence-corrected chi connectivity index (χ2v) is 8.68. The van der Waals surface area contributed by atoms with Gasteiger partial charge in [0.15, 0.2) is 9.84 Å². The minimum absolute atomic E-state index is 0.0599. The van der Waals surface area contributed by atoms with Crippen molar-refractivity contribution in [3.8, 4) is 6.07 Å². The largest absolute Gasteiger partial charge is 0.447 e. The Balaban J connectivity index is 1.64. The molecule has 1 saturated heterocycles. The van der Waals surface area contributed by atoms with E-state index in [-0.39, 0.29) is 30.5 Å². The first-order chi connectivity index (χ1) is 13.8. The molecular weight excluding hydrogens is 394 g/mol. The molecule has 0 radical (unpaired) electrons. The van der Waals surface area contributed by atoms with Crippen LogP contribution in [0.15, 0.2) is 53.4 Å². The fourth-order valence-electron chi connectivity index (χ4n) is 2.94. The molecule has 0 saturated carbocycles. The summed E-state index contributed by atoms with van der Waals surface area (Å²) in [5, 5.41) is 11.7. The Morgan fingerprint density at radius 3 is 2.62 bits per heavy atom. The van der Waals surface area contributed by atoms with Gasteiger partial charge < -0.3 is 10.1 Å². The van der Waals surface area contributed by atoms with E-state index in [4.69, 9.17) is 10.00 Å². The van der Waals surface area contributed by atoms with Crippen LogP contribution in [0, 0.1) is 11.3 Å². The SMILES string of the molecule is CS(=O)(=O)c1ccc(CNC(=O)[C@@H]2COC(=O)N2Cc2cccc(C#N)c2)cc1. The summed E-state index contributed by atoms with van der Waals surface area (Å²) < 4.78 is 28.0. The average Bonchev–Trinajstić information content (AvgIpc) is 3.06. The summed E-state index contributed by atoms with van der Waals surface area (Å²) in [5.41, 5.74) is 1.91. The Bertz CT molecular complexity index is 1070. The maximum atomic E-state index is 12.6. The average molecular weight is 413 g/mol. The zero-order valence-electron chi connectivity index (χ0n) is 15.7.